The molecule has 5 atom stereocenters. The van der Waals surface area contributed by atoms with E-state index in [0.717, 1.165) is 25.1 Å². The third kappa shape index (κ3) is 3.74. The van der Waals surface area contributed by atoms with Crippen LogP contribution in [0.4, 0.5) is 0 Å². The highest BCUT2D eigenvalue weighted by Gasteiger charge is 2.48. The molecule has 3 aliphatic heterocycles. The summed E-state index contributed by atoms with van der Waals surface area (Å²) in [6, 6.07) is -0.0314. The highest BCUT2D eigenvalue weighted by molar-refractivity contribution is 5.83. The van der Waals surface area contributed by atoms with Crippen molar-refractivity contribution in [2.75, 3.05) is 19.7 Å². The minimum atomic E-state index is -1.44. The van der Waals surface area contributed by atoms with E-state index in [1.165, 1.54) is 6.92 Å². The molecule has 150 valence electrons. The molecule has 0 amide bonds. The van der Waals surface area contributed by atoms with Gasteiger partial charge in [0.2, 0.25) is 5.60 Å². The van der Waals surface area contributed by atoms with Crippen LogP contribution in [0.25, 0.3) is 0 Å². The standard InChI is InChI=1S/C20H29NO6/c1-5-14-10-12(2)20(4,27-13(3)22)19(24)25-11-15-6-8-21-9-7-16(17(15)21)26-18(14)23/h6,12,14,16-17H,5,7-11H2,1-4H3/t12-,14-,16+,17+,20-/m0/s1. The molecule has 3 heterocycles. The van der Waals surface area contributed by atoms with Gasteiger partial charge in [0.15, 0.2) is 0 Å². The van der Waals surface area contributed by atoms with E-state index in [0.29, 0.717) is 12.8 Å². The zero-order chi connectivity index (χ0) is 19.8. The molecule has 0 saturated carbocycles. The lowest BCUT2D eigenvalue weighted by Gasteiger charge is -2.35. The van der Waals surface area contributed by atoms with Crippen LogP contribution in [0.1, 0.15) is 47.0 Å². The molecule has 0 unspecified atom stereocenters. The van der Waals surface area contributed by atoms with Crippen molar-refractivity contribution in [3.05, 3.63) is 11.6 Å². The molecule has 0 aliphatic carbocycles. The van der Waals surface area contributed by atoms with Gasteiger partial charge in [0.05, 0.1) is 12.0 Å². The van der Waals surface area contributed by atoms with Gasteiger partial charge in [-0.1, -0.05) is 19.9 Å². The fourth-order valence-corrected chi connectivity index (χ4v) is 4.39. The lowest BCUT2D eigenvalue weighted by molar-refractivity contribution is -0.187. The molecule has 3 rings (SSSR count). The minimum Gasteiger partial charge on any atom is -0.460 e. The topological polar surface area (TPSA) is 82.1 Å². The van der Waals surface area contributed by atoms with Gasteiger partial charge in [-0.15, -0.1) is 0 Å². The number of carbonyl (C=O) groups excluding carboxylic acids is 3. The van der Waals surface area contributed by atoms with E-state index in [9.17, 15) is 14.4 Å². The Labute approximate surface area is 160 Å². The van der Waals surface area contributed by atoms with E-state index in [1.54, 1.807) is 13.8 Å². The average Bonchev–Trinajstić information content (AvgIpc) is 3.18. The van der Waals surface area contributed by atoms with E-state index in [-0.39, 0.29) is 36.6 Å². The Kier molecular flexibility index (Phi) is 5.60. The van der Waals surface area contributed by atoms with Crippen molar-refractivity contribution >= 4 is 17.9 Å². The summed E-state index contributed by atoms with van der Waals surface area (Å²) in [5.74, 6) is -2.10. The maximum Gasteiger partial charge on any atom is 0.350 e. The Morgan fingerprint density at radius 3 is 2.81 bits per heavy atom. The van der Waals surface area contributed by atoms with Crippen LogP contribution in [0.15, 0.2) is 11.6 Å². The first-order chi connectivity index (χ1) is 12.8. The van der Waals surface area contributed by atoms with Crippen LogP contribution in [0.3, 0.4) is 0 Å². The second kappa shape index (κ2) is 7.62. The Hall–Kier alpha value is -1.89. The summed E-state index contributed by atoms with van der Waals surface area (Å²) in [4.78, 5) is 39.6. The fraction of sp³-hybridized carbons (Fsp3) is 0.750. The summed E-state index contributed by atoms with van der Waals surface area (Å²) in [6.45, 7) is 8.31. The van der Waals surface area contributed by atoms with Crippen molar-refractivity contribution in [2.24, 2.45) is 11.8 Å². The van der Waals surface area contributed by atoms with Gasteiger partial charge >= 0.3 is 17.9 Å². The van der Waals surface area contributed by atoms with Crippen molar-refractivity contribution < 1.29 is 28.6 Å². The quantitative estimate of drug-likeness (QED) is 0.411. The van der Waals surface area contributed by atoms with Crippen LogP contribution < -0.4 is 0 Å². The lowest BCUT2D eigenvalue weighted by atomic mass is 9.82. The maximum atomic E-state index is 12.9. The first-order valence-corrected chi connectivity index (χ1v) is 9.76. The molecule has 0 bridgehead atoms. The van der Waals surface area contributed by atoms with Gasteiger partial charge in [-0.2, -0.15) is 0 Å². The van der Waals surface area contributed by atoms with Crippen molar-refractivity contribution in [2.45, 2.75) is 64.7 Å². The molecule has 27 heavy (non-hydrogen) atoms. The molecule has 0 N–H and O–H groups in total. The van der Waals surface area contributed by atoms with E-state index in [1.807, 2.05) is 13.0 Å². The zero-order valence-electron chi connectivity index (χ0n) is 16.5. The third-order valence-electron chi connectivity index (χ3n) is 6.22. The predicted molar refractivity (Wildman–Crippen MR) is 96.6 cm³/mol. The monoisotopic (exact) mass is 379 g/mol. The molecule has 0 aromatic heterocycles. The van der Waals surface area contributed by atoms with E-state index < -0.39 is 17.5 Å². The molecule has 0 radical (unpaired) electrons. The predicted octanol–water partition coefficient (Wildman–Crippen LogP) is 1.84. The lowest BCUT2D eigenvalue weighted by Crippen LogP contribution is -2.49. The molecular formula is C20H29NO6. The molecule has 0 spiro atoms. The number of ether oxygens (including phenoxy) is 3. The third-order valence-corrected chi connectivity index (χ3v) is 6.22. The SMILES string of the molecule is CC[C@H]1C[C@H](C)[C@](C)(OC(C)=O)C(=O)OCC2=CCN3CC[C@@H](OC1=O)[C@@H]23. The number of carbonyl (C=O) groups is 3. The first-order valence-electron chi connectivity index (χ1n) is 9.76. The highest BCUT2D eigenvalue weighted by atomic mass is 16.6. The van der Waals surface area contributed by atoms with Crippen LogP contribution in [-0.2, 0) is 28.6 Å². The molecule has 2 saturated heterocycles. The average molecular weight is 379 g/mol. The van der Waals surface area contributed by atoms with Crippen LogP contribution in [0, 0.1) is 11.8 Å². The number of nitrogens with zero attached hydrogens (tertiary/aromatic N) is 1. The van der Waals surface area contributed by atoms with Gasteiger partial charge < -0.3 is 14.2 Å². The van der Waals surface area contributed by atoms with Gasteiger partial charge in [0.25, 0.3) is 0 Å². The Bertz CT molecular complexity index is 659. The second-order valence-electron chi connectivity index (χ2n) is 8.00. The van der Waals surface area contributed by atoms with Gasteiger partial charge in [0, 0.05) is 25.9 Å². The van der Waals surface area contributed by atoms with Crippen LogP contribution >= 0.6 is 0 Å². The summed E-state index contributed by atoms with van der Waals surface area (Å²) < 4.78 is 16.9. The number of hydrogen-bond donors (Lipinski definition) is 0. The fourth-order valence-electron chi connectivity index (χ4n) is 4.39. The van der Waals surface area contributed by atoms with Gasteiger partial charge in [0.1, 0.15) is 12.7 Å². The number of rotatable bonds is 2. The number of cyclic esters (lactones) is 1. The summed E-state index contributed by atoms with van der Waals surface area (Å²) in [6.07, 6.45) is 3.61. The van der Waals surface area contributed by atoms with Crippen molar-refractivity contribution in [3.63, 3.8) is 0 Å². The van der Waals surface area contributed by atoms with Crippen LogP contribution in [-0.4, -0.2) is 60.3 Å². The van der Waals surface area contributed by atoms with E-state index in [2.05, 4.69) is 4.90 Å². The summed E-state index contributed by atoms with van der Waals surface area (Å²) in [5.41, 5.74) is -0.489. The summed E-state index contributed by atoms with van der Waals surface area (Å²) in [7, 11) is 0. The molecule has 0 aromatic rings. The molecule has 3 aliphatic rings. The van der Waals surface area contributed by atoms with E-state index in [4.69, 9.17) is 14.2 Å². The first kappa shape index (κ1) is 19.9. The Morgan fingerprint density at radius 1 is 1.41 bits per heavy atom. The maximum absolute atomic E-state index is 12.9. The molecule has 0 aromatic carbocycles. The summed E-state index contributed by atoms with van der Waals surface area (Å²) >= 11 is 0. The van der Waals surface area contributed by atoms with E-state index >= 15 is 0 Å². The molecular weight excluding hydrogens is 350 g/mol. The molecule has 2 fully saturated rings. The van der Waals surface area contributed by atoms with Crippen molar-refractivity contribution in [1.29, 1.82) is 0 Å². The molecule has 7 nitrogen and oxygen atoms in total. The minimum absolute atomic E-state index is 0.0314. The van der Waals surface area contributed by atoms with Gasteiger partial charge in [-0.25, -0.2) is 4.79 Å². The highest BCUT2D eigenvalue weighted by Crippen LogP contribution is 2.36. The van der Waals surface area contributed by atoms with Gasteiger partial charge in [-0.3, -0.25) is 14.5 Å². The second-order valence-corrected chi connectivity index (χ2v) is 8.00. The van der Waals surface area contributed by atoms with Gasteiger partial charge in [-0.05, 0) is 31.8 Å². The van der Waals surface area contributed by atoms with Crippen molar-refractivity contribution in [3.8, 4) is 0 Å². The number of esters is 3. The smallest absolute Gasteiger partial charge is 0.350 e. The normalized spacial score (nSPS) is 37.4. The number of hydrogen-bond acceptors (Lipinski definition) is 7. The van der Waals surface area contributed by atoms with Crippen LogP contribution in [0.5, 0.6) is 0 Å². The Balaban J connectivity index is 1.91. The Morgan fingerprint density at radius 2 is 2.15 bits per heavy atom. The zero-order valence-corrected chi connectivity index (χ0v) is 16.5. The largest absolute Gasteiger partial charge is 0.460 e. The summed E-state index contributed by atoms with van der Waals surface area (Å²) in [5, 5.41) is 0. The van der Waals surface area contributed by atoms with Crippen molar-refractivity contribution in [1.82, 2.24) is 4.90 Å². The van der Waals surface area contributed by atoms with Crippen LogP contribution in [0.2, 0.25) is 0 Å². The molecule has 7 heteroatoms.